The molecule has 1 aromatic carbocycles. The number of hydrogen-bond donors (Lipinski definition) is 4. The van der Waals surface area contributed by atoms with Crippen molar-refractivity contribution in [3.05, 3.63) is 52.6 Å². The van der Waals surface area contributed by atoms with Gasteiger partial charge in [-0.25, -0.2) is 14.4 Å². The third kappa shape index (κ3) is 3.03. The number of halogens is 2. The maximum atomic E-state index is 13.3. The average molecular weight is 399 g/mol. The van der Waals surface area contributed by atoms with Gasteiger partial charge in [0, 0.05) is 35.9 Å². The predicted molar refractivity (Wildman–Crippen MR) is 104 cm³/mol. The predicted octanol–water partition coefficient (Wildman–Crippen LogP) is 3.47. The van der Waals surface area contributed by atoms with E-state index in [0.717, 1.165) is 22.3 Å². The molecule has 8 nitrogen and oxygen atoms in total. The number of fused-ring (bicyclic) bond motifs is 1. The Bertz CT molecular complexity index is 1170. The molecule has 0 saturated heterocycles. The van der Waals surface area contributed by atoms with Crippen LogP contribution in [0.15, 0.2) is 30.7 Å². The highest BCUT2D eigenvalue weighted by Gasteiger charge is 2.40. The van der Waals surface area contributed by atoms with E-state index in [9.17, 15) is 4.39 Å². The quantitative estimate of drug-likeness (QED) is 0.408. The first-order chi connectivity index (χ1) is 13.6. The highest BCUT2D eigenvalue weighted by atomic mass is 35.5. The first-order valence-corrected chi connectivity index (χ1v) is 9.14. The number of aromatic nitrogens is 6. The summed E-state index contributed by atoms with van der Waals surface area (Å²) in [6.07, 6.45) is 3.48. The Morgan fingerprint density at radius 1 is 1.29 bits per heavy atom. The highest BCUT2D eigenvalue weighted by molar-refractivity contribution is 6.35. The lowest BCUT2D eigenvalue weighted by Crippen LogP contribution is -2.05. The van der Waals surface area contributed by atoms with Crippen LogP contribution in [0.4, 0.5) is 22.0 Å². The zero-order valence-electron chi connectivity index (χ0n) is 14.6. The number of nitrogens with two attached hydrogens (primary N) is 1. The van der Waals surface area contributed by atoms with Crippen molar-refractivity contribution >= 4 is 40.2 Å². The van der Waals surface area contributed by atoms with Crippen LogP contribution in [0.2, 0.25) is 5.02 Å². The van der Waals surface area contributed by atoms with Crippen molar-refractivity contribution in [2.24, 2.45) is 0 Å². The zero-order chi connectivity index (χ0) is 19.3. The van der Waals surface area contributed by atoms with Crippen LogP contribution in [0.3, 0.4) is 0 Å². The molecule has 1 fully saturated rings. The molecule has 4 aromatic rings. The van der Waals surface area contributed by atoms with Crippen LogP contribution in [0.5, 0.6) is 0 Å². The molecular weight excluding hydrogens is 383 g/mol. The Labute approximate surface area is 163 Å². The van der Waals surface area contributed by atoms with E-state index in [0.29, 0.717) is 35.0 Å². The van der Waals surface area contributed by atoms with Crippen LogP contribution < -0.4 is 11.1 Å². The first kappa shape index (κ1) is 16.9. The Balaban J connectivity index is 1.44. The number of nitrogens with one attached hydrogen (secondary N) is 3. The lowest BCUT2D eigenvalue weighted by atomic mass is 10.1. The summed E-state index contributed by atoms with van der Waals surface area (Å²) in [6.45, 7) is 0. The summed E-state index contributed by atoms with van der Waals surface area (Å²) in [6, 6.07) is 5.65. The van der Waals surface area contributed by atoms with Gasteiger partial charge in [-0.15, -0.1) is 0 Å². The number of rotatable bonds is 5. The number of H-pyrrole nitrogens is 2. The molecule has 1 aliphatic rings. The van der Waals surface area contributed by atoms with Gasteiger partial charge in [0.15, 0.2) is 5.82 Å². The molecule has 5 rings (SSSR count). The van der Waals surface area contributed by atoms with Gasteiger partial charge in [-0.05, 0) is 18.1 Å². The first-order valence-electron chi connectivity index (χ1n) is 8.76. The van der Waals surface area contributed by atoms with Gasteiger partial charge in [-0.2, -0.15) is 10.1 Å². The smallest absolute Gasteiger partial charge is 0.221 e. The summed E-state index contributed by atoms with van der Waals surface area (Å²) < 4.78 is 13.3. The van der Waals surface area contributed by atoms with Crippen LogP contribution in [0, 0.1) is 0 Å². The number of alkyl halides is 1. The molecule has 1 saturated carbocycles. The lowest BCUT2D eigenvalue weighted by molar-refractivity contribution is 0.466. The number of imidazole rings is 1. The second-order valence-electron chi connectivity index (χ2n) is 6.81. The lowest BCUT2D eigenvalue weighted by Gasteiger charge is -2.11. The van der Waals surface area contributed by atoms with E-state index in [4.69, 9.17) is 17.3 Å². The second kappa shape index (κ2) is 6.45. The highest BCUT2D eigenvalue weighted by Crippen LogP contribution is 2.43. The molecule has 1 aliphatic carbocycles. The van der Waals surface area contributed by atoms with Crippen molar-refractivity contribution in [2.75, 3.05) is 11.1 Å². The maximum absolute atomic E-state index is 13.3. The van der Waals surface area contributed by atoms with E-state index in [-0.39, 0.29) is 11.9 Å². The normalized spacial score (nSPS) is 18.5. The van der Waals surface area contributed by atoms with Crippen molar-refractivity contribution in [1.82, 2.24) is 30.1 Å². The van der Waals surface area contributed by atoms with Gasteiger partial charge in [-0.3, -0.25) is 5.10 Å². The number of aromatic amines is 2. The summed E-state index contributed by atoms with van der Waals surface area (Å²) in [5, 5.41) is 10.8. The van der Waals surface area contributed by atoms with Gasteiger partial charge < -0.3 is 16.0 Å². The van der Waals surface area contributed by atoms with Gasteiger partial charge in [0.05, 0.1) is 16.9 Å². The average Bonchev–Trinajstić information content (AvgIpc) is 3.08. The number of benzene rings is 1. The molecule has 5 N–H and O–H groups in total. The fourth-order valence-electron chi connectivity index (χ4n) is 3.21. The summed E-state index contributed by atoms with van der Waals surface area (Å²) in [7, 11) is 0. The Morgan fingerprint density at radius 3 is 2.96 bits per heavy atom. The number of anilines is 3. The molecule has 0 amide bonds. The van der Waals surface area contributed by atoms with Crippen LogP contribution >= 0.6 is 11.6 Å². The van der Waals surface area contributed by atoms with Crippen LogP contribution in [0.1, 0.15) is 29.2 Å². The maximum Gasteiger partial charge on any atom is 0.221 e. The van der Waals surface area contributed by atoms with Gasteiger partial charge in [-0.1, -0.05) is 17.7 Å². The minimum atomic E-state index is -0.794. The minimum Gasteiger partial charge on any atom is -0.368 e. The summed E-state index contributed by atoms with van der Waals surface area (Å²) in [5.74, 6) is 1.11. The van der Waals surface area contributed by atoms with Crippen molar-refractivity contribution < 1.29 is 4.39 Å². The Morgan fingerprint density at radius 2 is 2.14 bits per heavy atom. The molecule has 0 radical (unpaired) electrons. The Hall–Kier alpha value is -3.20. The number of hydrogen-bond acceptors (Lipinski definition) is 6. The van der Waals surface area contributed by atoms with E-state index in [1.165, 1.54) is 0 Å². The van der Waals surface area contributed by atoms with Gasteiger partial charge in [0.2, 0.25) is 5.95 Å². The molecule has 142 valence electrons. The summed E-state index contributed by atoms with van der Waals surface area (Å²) >= 11 is 6.51. The molecule has 10 heteroatoms. The number of nitrogen functional groups attached to an aromatic ring is 1. The van der Waals surface area contributed by atoms with E-state index in [1.807, 2.05) is 12.1 Å². The van der Waals surface area contributed by atoms with Crippen LogP contribution in [-0.4, -0.2) is 36.3 Å². The SMILES string of the molecule is Nc1ncc(Cc2ccc3[nH]cnc3c2Cl)c(Nc2cc([C@H]3C[C@H]3F)[nH]n2)n1. The monoisotopic (exact) mass is 398 g/mol. The van der Waals surface area contributed by atoms with Crippen molar-refractivity contribution in [1.29, 1.82) is 0 Å². The third-order valence-corrected chi connectivity index (χ3v) is 5.25. The molecule has 3 heterocycles. The molecule has 2 atom stereocenters. The zero-order valence-corrected chi connectivity index (χ0v) is 15.3. The molecule has 0 spiro atoms. The topological polar surface area (TPSA) is 121 Å². The summed E-state index contributed by atoms with van der Waals surface area (Å²) in [5.41, 5.74) is 9.81. The van der Waals surface area contributed by atoms with Crippen LogP contribution in [0.25, 0.3) is 11.0 Å². The molecule has 0 aliphatic heterocycles. The fourth-order valence-corrected chi connectivity index (χ4v) is 3.49. The molecule has 0 bridgehead atoms. The molecule has 3 aromatic heterocycles. The Kier molecular flexibility index (Phi) is 3.90. The standard InChI is InChI=1S/C18H16ClFN8/c19-15-8(1-2-12-16(15)24-7-23-12)3-9-6-22-18(21)26-17(9)25-14-5-13(27-28-14)10-4-11(10)20/h1-2,5-7,10-11H,3-4H2,(H,23,24)(H4,21,22,25,26,27,28)/t10-,11+/m0/s1. The largest absolute Gasteiger partial charge is 0.368 e. The van der Waals surface area contributed by atoms with Crippen molar-refractivity contribution in [2.45, 2.75) is 24.9 Å². The van der Waals surface area contributed by atoms with Gasteiger partial charge in [0.25, 0.3) is 0 Å². The van der Waals surface area contributed by atoms with E-state index in [1.54, 1.807) is 18.6 Å². The van der Waals surface area contributed by atoms with Crippen molar-refractivity contribution in [3.8, 4) is 0 Å². The van der Waals surface area contributed by atoms with E-state index in [2.05, 4.69) is 35.5 Å². The molecular formula is C18H16ClFN8. The van der Waals surface area contributed by atoms with Crippen LogP contribution in [-0.2, 0) is 6.42 Å². The molecule has 0 unspecified atom stereocenters. The van der Waals surface area contributed by atoms with E-state index >= 15 is 0 Å². The molecule has 28 heavy (non-hydrogen) atoms. The summed E-state index contributed by atoms with van der Waals surface area (Å²) in [4.78, 5) is 15.7. The number of nitrogens with zero attached hydrogens (tertiary/aromatic N) is 4. The van der Waals surface area contributed by atoms with Gasteiger partial charge in [0.1, 0.15) is 17.5 Å². The van der Waals surface area contributed by atoms with Crippen molar-refractivity contribution in [3.63, 3.8) is 0 Å². The van der Waals surface area contributed by atoms with Gasteiger partial charge >= 0.3 is 0 Å². The third-order valence-electron chi connectivity index (χ3n) is 4.83. The minimum absolute atomic E-state index is 0.0997. The van der Waals surface area contributed by atoms with E-state index < -0.39 is 6.17 Å². The fraction of sp³-hybridized carbons (Fsp3) is 0.222. The second-order valence-corrected chi connectivity index (χ2v) is 7.19.